The van der Waals surface area contributed by atoms with Crippen LogP contribution >= 0.6 is 0 Å². The van der Waals surface area contributed by atoms with E-state index >= 15 is 0 Å². The van der Waals surface area contributed by atoms with Gasteiger partial charge in [0.1, 0.15) is 5.82 Å². The number of nitrogens with zero attached hydrogens (tertiary/aromatic N) is 2. The third-order valence-corrected chi connectivity index (χ3v) is 5.70. The lowest BCUT2D eigenvalue weighted by atomic mass is 9.85. The number of hydrogen-bond donors (Lipinski definition) is 1. The van der Waals surface area contributed by atoms with E-state index in [0.717, 1.165) is 43.4 Å². The molecule has 2 aromatic rings. The van der Waals surface area contributed by atoms with E-state index in [4.69, 9.17) is 4.74 Å². The van der Waals surface area contributed by atoms with Crippen molar-refractivity contribution in [2.45, 2.75) is 51.7 Å². The molecule has 0 amide bonds. The van der Waals surface area contributed by atoms with Crippen molar-refractivity contribution in [3.8, 4) is 11.4 Å². The summed E-state index contributed by atoms with van der Waals surface area (Å²) in [5.41, 5.74) is 2.86. The molecule has 0 radical (unpaired) electrons. The lowest BCUT2D eigenvalue weighted by molar-refractivity contribution is 0.0580. The molecule has 5 nitrogen and oxygen atoms in total. The van der Waals surface area contributed by atoms with E-state index in [-0.39, 0.29) is 5.56 Å². The Hall–Kier alpha value is -1.98. The van der Waals surface area contributed by atoms with Crippen molar-refractivity contribution in [1.82, 2.24) is 14.9 Å². The summed E-state index contributed by atoms with van der Waals surface area (Å²) in [6.45, 7) is 5.85. The number of aromatic nitrogens is 2. The minimum absolute atomic E-state index is 0.104. The molecule has 5 heteroatoms. The second kappa shape index (κ2) is 8.36. The van der Waals surface area contributed by atoms with Crippen molar-refractivity contribution in [2.24, 2.45) is 5.92 Å². The molecule has 1 aliphatic heterocycles. The highest BCUT2D eigenvalue weighted by molar-refractivity contribution is 5.55. The SMILES string of the molecule is Cc1cc(=O)[nH]c(-c2cccc(CN(CC3CCC3)CC3CCCO3)c2)n1. The summed E-state index contributed by atoms with van der Waals surface area (Å²) in [7, 11) is 0. The van der Waals surface area contributed by atoms with E-state index in [1.54, 1.807) is 0 Å². The average molecular weight is 367 g/mol. The van der Waals surface area contributed by atoms with Crippen LogP contribution in [0.3, 0.4) is 0 Å². The molecule has 1 saturated heterocycles. The minimum Gasteiger partial charge on any atom is -0.377 e. The molecule has 1 aromatic heterocycles. The monoisotopic (exact) mass is 367 g/mol. The van der Waals surface area contributed by atoms with Crippen LogP contribution < -0.4 is 5.56 Å². The highest BCUT2D eigenvalue weighted by Crippen LogP contribution is 2.28. The van der Waals surface area contributed by atoms with Crippen LogP contribution in [0.5, 0.6) is 0 Å². The molecule has 1 aromatic carbocycles. The first kappa shape index (κ1) is 18.4. The van der Waals surface area contributed by atoms with Crippen LogP contribution in [-0.2, 0) is 11.3 Å². The zero-order valence-electron chi connectivity index (χ0n) is 16.1. The minimum atomic E-state index is -0.104. The van der Waals surface area contributed by atoms with Crippen molar-refractivity contribution in [3.05, 3.63) is 51.9 Å². The molecule has 0 spiro atoms. The number of H-pyrrole nitrogens is 1. The molecule has 2 aliphatic rings. The third kappa shape index (κ3) is 4.85. The largest absolute Gasteiger partial charge is 0.377 e. The zero-order chi connectivity index (χ0) is 18.6. The van der Waals surface area contributed by atoms with Gasteiger partial charge in [0.2, 0.25) is 0 Å². The maximum Gasteiger partial charge on any atom is 0.251 e. The maximum atomic E-state index is 11.8. The molecule has 0 bridgehead atoms. The van der Waals surface area contributed by atoms with Gasteiger partial charge in [-0.3, -0.25) is 9.69 Å². The molecule has 1 unspecified atom stereocenters. The van der Waals surface area contributed by atoms with Gasteiger partial charge in [-0.1, -0.05) is 24.6 Å². The summed E-state index contributed by atoms with van der Waals surface area (Å²) in [4.78, 5) is 21.7. The van der Waals surface area contributed by atoms with Crippen LogP contribution in [0.4, 0.5) is 0 Å². The fourth-order valence-corrected chi connectivity index (χ4v) is 4.11. The predicted octanol–water partition coefficient (Wildman–Crippen LogP) is 3.53. The van der Waals surface area contributed by atoms with Crippen LogP contribution in [-0.4, -0.2) is 40.7 Å². The summed E-state index contributed by atoms with van der Waals surface area (Å²) < 4.78 is 5.88. The normalized spacial score (nSPS) is 20.1. The van der Waals surface area contributed by atoms with Crippen molar-refractivity contribution >= 4 is 0 Å². The van der Waals surface area contributed by atoms with E-state index in [9.17, 15) is 4.79 Å². The van der Waals surface area contributed by atoms with Gasteiger partial charge in [0.05, 0.1) is 6.10 Å². The second-order valence-corrected chi connectivity index (χ2v) is 8.06. The Morgan fingerprint density at radius 3 is 2.78 bits per heavy atom. The molecular weight excluding hydrogens is 338 g/mol. The van der Waals surface area contributed by atoms with Crippen LogP contribution in [0.15, 0.2) is 35.1 Å². The number of aryl methyl sites for hydroxylation is 1. The van der Waals surface area contributed by atoms with Crippen LogP contribution in [0, 0.1) is 12.8 Å². The van der Waals surface area contributed by atoms with Gasteiger partial charge in [0.15, 0.2) is 0 Å². The third-order valence-electron chi connectivity index (χ3n) is 5.70. The van der Waals surface area contributed by atoms with E-state index in [1.165, 1.54) is 43.7 Å². The van der Waals surface area contributed by atoms with Gasteiger partial charge >= 0.3 is 0 Å². The second-order valence-electron chi connectivity index (χ2n) is 8.06. The topological polar surface area (TPSA) is 58.2 Å². The maximum absolute atomic E-state index is 11.8. The lowest BCUT2D eigenvalue weighted by Gasteiger charge is -2.33. The molecular formula is C22H29N3O2. The number of nitrogens with one attached hydrogen (secondary N) is 1. The number of benzene rings is 1. The molecule has 4 rings (SSSR count). The highest BCUT2D eigenvalue weighted by Gasteiger charge is 2.24. The number of ether oxygens (including phenoxy) is 1. The lowest BCUT2D eigenvalue weighted by Crippen LogP contribution is -2.37. The first-order valence-corrected chi connectivity index (χ1v) is 10.2. The van der Waals surface area contributed by atoms with Gasteiger partial charge in [-0.15, -0.1) is 0 Å². The van der Waals surface area contributed by atoms with Gasteiger partial charge in [-0.05, 0) is 50.2 Å². The number of rotatable bonds is 7. The summed E-state index contributed by atoms with van der Waals surface area (Å²) in [6, 6.07) is 9.91. The van der Waals surface area contributed by atoms with Crippen LogP contribution in [0.2, 0.25) is 0 Å². The van der Waals surface area contributed by atoms with E-state index in [2.05, 4.69) is 33.1 Å². The standard InChI is InChI=1S/C22H29N3O2/c1-16-11-21(26)24-22(23-16)19-8-3-7-18(12-19)14-25(13-17-5-2-6-17)15-20-9-4-10-27-20/h3,7-8,11-12,17,20H,2,4-6,9-10,13-15H2,1H3,(H,23,24,26). The molecule has 1 aliphatic carbocycles. The van der Waals surface area contributed by atoms with Crippen molar-refractivity contribution in [1.29, 1.82) is 0 Å². The Morgan fingerprint density at radius 1 is 1.19 bits per heavy atom. The number of hydrogen-bond acceptors (Lipinski definition) is 4. The average Bonchev–Trinajstić information content (AvgIpc) is 3.10. The molecule has 1 N–H and O–H groups in total. The summed E-state index contributed by atoms with van der Waals surface area (Å²) >= 11 is 0. The Labute approximate surface area is 160 Å². The van der Waals surface area contributed by atoms with Crippen molar-refractivity contribution < 1.29 is 4.74 Å². The quantitative estimate of drug-likeness (QED) is 0.813. The Balaban J connectivity index is 1.50. The van der Waals surface area contributed by atoms with Gasteiger partial charge in [0, 0.05) is 43.6 Å². The van der Waals surface area contributed by atoms with E-state index in [1.807, 2.05) is 13.0 Å². The van der Waals surface area contributed by atoms with Crippen LogP contribution in [0.25, 0.3) is 11.4 Å². The smallest absolute Gasteiger partial charge is 0.251 e. The molecule has 1 saturated carbocycles. The van der Waals surface area contributed by atoms with Gasteiger partial charge in [-0.2, -0.15) is 0 Å². The molecule has 2 heterocycles. The molecule has 2 fully saturated rings. The zero-order valence-corrected chi connectivity index (χ0v) is 16.1. The first-order chi connectivity index (χ1) is 13.2. The Morgan fingerprint density at radius 2 is 2.07 bits per heavy atom. The Bertz CT molecular complexity index is 822. The first-order valence-electron chi connectivity index (χ1n) is 10.2. The fourth-order valence-electron chi connectivity index (χ4n) is 4.11. The molecule has 27 heavy (non-hydrogen) atoms. The molecule has 1 atom stereocenters. The highest BCUT2D eigenvalue weighted by atomic mass is 16.5. The Kier molecular flexibility index (Phi) is 5.69. The van der Waals surface area contributed by atoms with Crippen LogP contribution in [0.1, 0.15) is 43.4 Å². The number of aromatic amines is 1. The molecule has 144 valence electrons. The summed E-state index contributed by atoms with van der Waals surface area (Å²) in [5.74, 6) is 1.48. The fraction of sp³-hybridized carbons (Fsp3) is 0.545. The van der Waals surface area contributed by atoms with Gasteiger partial charge in [0.25, 0.3) is 5.56 Å². The summed E-state index contributed by atoms with van der Waals surface area (Å²) in [6.07, 6.45) is 6.83. The predicted molar refractivity (Wildman–Crippen MR) is 107 cm³/mol. The van der Waals surface area contributed by atoms with Crippen molar-refractivity contribution in [3.63, 3.8) is 0 Å². The van der Waals surface area contributed by atoms with Gasteiger partial charge < -0.3 is 9.72 Å². The van der Waals surface area contributed by atoms with E-state index < -0.39 is 0 Å². The van der Waals surface area contributed by atoms with E-state index in [0.29, 0.717) is 11.9 Å². The summed E-state index contributed by atoms with van der Waals surface area (Å²) in [5, 5.41) is 0. The van der Waals surface area contributed by atoms with Gasteiger partial charge in [-0.25, -0.2) is 4.98 Å². The van der Waals surface area contributed by atoms with Crippen molar-refractivity contribution in [2.75, 3.05) is 19.7 Å².